The number of carbonyl (C=O) groups is 1. The van der Waals surface area contributed by atoms with E-state index in [-0.39, 0.29) is 12.2 Å². The first kappa shape index (κ1) is 21.7. The number of ether oxygens (including phenoxy) is 1. The van der Waals surface area contributed by atoms with Gasteiger partial charge in [-0.1, -0.05) is 30.3 Å². The Morgan fingerprint density at radius 3 is 2.76 bits per heavy atom. The number of aromatic nitrogens is 4. The molecule has 2 N–H and O–H groups in total. The summed E-state index contributed by atoms with van der Waals surface area (Å²) in [5.74, 6) is 0.216. The summed E-state index contributed by atoms with van der Waals surface area (Å²) >= 11 is 5.29. The summed E-state index contributed by atoms with van der Waals surface area (Å²) in [6, 6.07) is 11.5. The van der Waals surface area contributed by atoms with Crippen molar-refractivity contribution in [3.05, 3.63) is 89.0 Å². The van der Waals surface area contributed by atoms with Gasteiger partial charge in [0.05, 0.1) is 30.2 Å². The molecule has 0 radical (unpaired) electrons. The van der Waals surface area contributed by atoms with E-state index in [9.17, 15) is 9.90 Å². The third-order valence-electron chi connectivity index (χ3n) is 5.92. The molecule has 172 valence electrons. The fourth-order valence-electron chi connectivity index (χ4n) is 4.38. The number of H-pyrrole nitrogens is 1. The van der Waals surface area contributed by atoms with Crippen LogP contribution in [0.4, 0.5) is 0 Å². The molecule has 0 unspecified atom stereocenters. The summed E-state index contributed by atoms with van der Waals surface area (Å²) in [7, 11) is 0. The molecule has 8 nitrogen and oxygen atoms in total. The molecule has 0 saturated heterocycles. The number of fused-ring (bicyclic) bond motifs is 3. The van der Waals surface area contributed by atoms with Crippen molar-refractivity contribution >= 4 is 39.9 Å². The lowest BCUT2D eigenvalue weighted by Crippen LogP contribution is -2.07. The number of hydrogen-bond acceptors (Lipinski definition) is 5. The molecule has 0 spiro atoms. The van der Waals surface area contributed by atoms with Crippen LogP contribution in [0.1, 0.15) is 27.4 Å². The number of rotatable bonds is 8. The normalized spacial score (nSPS) is 11.3. The van der Waals surface area contributed by atoms with Crippen molar-refractivity contribution in [1.82, 2.24) is 19.3 Å². The molecule has 0 fully saturated rings. The zero-order chi connectivity index (χ0) is 23.8. The first-order valence-corrected chi connectivity index (χ1v) is 11.1. The number of nitrogens with zero attached hydrogens (tertiary/aromatic N) is 3. The Kier molecular flexibility index (Phi) is 5.54. The summed E-state index contributed by atoms with van der Waals surface area (Å²) in [6.45, 7) is 6.75. The molecular formula is C25H22N4O4S. The SMILES string of the molecule is C=CCn1c(COc2cc3c(C(=O)O)c(C)n(Cc4ccoc4)c3c3ccccc23)n[nH]c1=S. The van der Waals surface area contributed by atoms with Crippen LogP contribution in [0, 0.1) is 11.7 Å². The van der Waals surface area contributed by atoms with Crippen LogP contribution in [0.15, 0.2) is 66.0 Å². The zero-order valence-electron chi connectivity index (χ0n) is 18.4. The second kappa shape index (κ2) is 8.68. The topological polar surface area (TPSA) is 98.2 Å². The van der Waals surface area contributed by atoms with Crippen molar-refractivity contribution in [2.24, 2.45) is 0 Å². The lowest BCUT2D eigenvalue weighted by Gasteiger charge is -2.13. The van der Waals surface area contributed by atoms with Gasteiger partial charge in [-0.3, -0.25) is 9.67 Å². The summed E-state index contributed by atoms with van der Waals surface area (Å²) in [6.07, 6.45) is 5.02. The third kappa shape index (κ3) is 3.60. The molecule has 3 heterocycles. The van der Waals surface area contributed by atoms with Gasteiger partial charge in [-0.2, -0.15) is 5.10 Å². The summed E-state index contributed by atoms with van der Waals surface area (Å²) < 4.78 is 15.7. The van der Waals surface area contributed by atoms with Crippen LogP contribution in [0.3, 0.4) is 0 Å². The van der Waals surface area contributed by atoms with Crippen LogP contribution in [-0.4, -0.2) is 30.4 Å². The van der Waals surface area contributed by atoms with Crippen molar-refractivity contribution in [2.75, 3.05) is 0 Å². The van der Waals surface area contributed by atoms with Crippen molar-refractivity contribution in [1.29, 1.82) is 0 Å². The molecule has 0 bridgehead atoms. The largest absolute Gasteiger partial charge is 0.485 e. The minimum atomic E-state index is -0.985. The molecule has 3 aromatic heterocycles. The highest BCUT2D eigenvalue weighted by molar-refractivity contribution is 7.71. The van der Waals surface area contributed by atoms with E-state index >= 15 is 0 Å². The number of hydrogen-bond donors (Lipinski definition) is 2. The van der Waals surface area contributed by atoms with E-state index in [2.05, 4.69) is 16.8 Å². The van der Waals surface area contributed by atoms with E-state index in [4.69, 9.17) is 21.4 Å². The average Bonchev–Trinajstić information content (AvgIpc) is 3.53. The maximum Gasteiger partial charge on any atom is 0.338 e. The predicted octanol–water partition coefficient (Wildman–Crippen LogP) is 5.46. The maximum atomic E-state index is 12.3. The summed E-state index contributed by atoms with van der Waals surface area (Å²) in [4.78, 5) is 12.3. The molecule has 5 aromatic rings. The Morgan fingerprint density at radius 2 is 2.06 bits per heavy atom. The van der Waals surface area contributed by atoms with E-state index in [1.165, 1.54) is 0 Å². The second-order valence-corrected chi connectivity index (χ2v) is 8.32. The summed E-state index contributed by atoms with van der Waals surface area (Å²) in [5.41, 5.74) is 2.71. The number of benzene rings is 2. The highest BCUT2D eigenvalue weighted by atomic mass is 32.1. The number of carboxylic acid groups (broad SMARTS) is 1. The molecule has 2 aromatic carbocycles. The lowest BCUT2D eigenvalue weighted by molar-refractivity contribution is 0.0698. The van der Waals surface area contributed by atoms with Gasteiger partial charge in [0.1, 0.15) is 12.4 Å². The van der Waals surface area contributed by atoms with Gasteiger partial charge in [0, 0.05) is 34.0 Å². The van der Waals surface area contributed by atoms with E-state index in [1.807, 2.05) is 41.8 Å². The third-order valence-corrected chi connectivity index (χ3v) is 6.24. The van der Waals surface area contributed by atoms with Crippen molar-refractivity contribution < 1.29 is 19.1 Å². The molecular weight excluding hydrogens is 452 g/mol. The van der Waals surface area contributed by atoms with Crippen LogP contribution in [0.5, 0.6) is 5.75 Å². The van der Waals surface area contributed by atoms with Gasteiger partial charge in [-0.05, 0) is 31.3 Å². The molecule has 0 amide bonds. The number of aromatic carboxylic acids is 1. The Balaban J connectivity index is 1.68. The van der Waals surface area contributed by atoms with Gasteiger partial charge in [0.15, 0.2) is 10.6 Å². The first-order valence-electron chi connectivity index (χ1n) is 10.7. The number of aromatic amines is 1. The van der Waals surface area contributed by atoms with E-state index in [1.54, 1.807) is 29.2 Å². The molecule has 5 rings (SSSR count). The number of allylic oxidation sites excluding steroid dienone is 1. The zero-order valence-corrected chi connectivity index (χ0v) is 19.3. The van der Waals surface area contributed by atoms with Gasteiger partial charge in [0.25, 0.3) is 0 Å². The van der Waals surface area contributed by atoms with Crippen LogP contribution >= 0.6 is 12.2 Å². The molecule has 34 heavy (non-hydrogen) atoms. The monoisotopic (exact) mass is 474 g/mol. The predicted molar refractivity (Wildman–Crippen MR) is 131 cm³/mol. The van der Waals surface area contributed by atoms with Gasteiger partial charge >= 0.3 is 5.97 Å². The van der Waals surface area contributed by atoms with Gasteiger partial charge < -0.3 is 18.8 Å². The quantitative estimate of drug-likeness (QED) is 0.229. The second-order valence-electron chi connectivity index (χ2n) is 7.93. The van der Waals surface area contributed by atoms with E-state index < -0.39 is 5.97 Å². The minimum absolute atomic E-state index is 0.160. The lowest BCUT2D eigenvalue weighted by atomic mass is 10.0. The van der Waals surface area contributed by atoms with Crippen molar-refractivity contribution in [2.45, 2.75) is 26.6 Å². The Labute approximate surface area is 199 Å². The fourth-order valence-corrected chi connectivity index (χ4v) is 4.60. The van der Waals surface area contributed by atoms with Crippen LogP contribution in [0.2, 0.25) is 0 Å². The Bertz CT molecular complexity index is 1590. The van der Waals surface area contributed by atoms with E-state index in [0.717, 1.165) is 21.9 Å². The standard InChI is InChI=1S/C25H22N4O4S/c1-3-9-28-21(26-27-25(28)34)14-33-20-11-19-22(24(30)31)15(2)29(12-16-8-10-32-13-16)23(19)18-7-5-4-6-17(18)20/h3-8,10-11,13H,1,9,12,14H2,2H3,(H,27,34)(H,30,31). The van der Waals surface area contributed by atoms with E-state index in [0.29, 0.717) is 40.5 Å². The highest BCUT2D eigenvalue weighted by Gasteiger charge is 2.23. The Hall–Kier alpha value is -4.11. The number of furan rings is 1. The fraction of sp³-hybridized carbons (Fsp3) is 0.160. The first-order chi connectivity index (χ1) is 16.5. The smallest absolute Gasteiger partial charge is 0.338 e. The number of nitrogens with one attached hydrogen (secondary N) is 1. The molecule has 0 saturated carbocycles. The van der Waals surface area contributed by atoms with Gasteiger partial charge in [-0.25, -0.2) is 4.79 Å². The van der Waals surface area contributed by atoms with Crippen molar-refractivity contribution in [3.63, 3.8) is 0 Å². The summed E-state index contributed by atoms with van der Waals surface area (Å²) in [5, 5.41) is 19.5. The molecule has 0 aliphatic rings. The maximum absolute atomic E-state index is 12.3. The average molecular weight is 475 g/mol. The number of carboxylic acids is 1. The van der Waals surface area contributed by atoms with Crippen LogP contribution in [0.25, 0.3) is 21.7 Å². The van der Waals surface area contributed by atoms with Crippen LogP contribution < -0.4 is 4.74 Å². The highest BCUT2D eigenvalue weighted by Crippen LogP contribution is 2.38. The van der Waals surface area contributed by atoms with Gasteiger partial charge in [-0.15, -0.1) is 6.58 Å². The molecule has 0 aliphatic carbocycles. The van der Waals surface area contributed by atoms with Crippen LogP contribution in [-0.2, 0) is 19.7 Å². The molecule has 9 heteroatoms. The molecule has 0 atom stereocenters. The minimum Gasteiger partial charge on any atom is -0.485 e. The van der Waals surface area contributed by atoms with Crippen molar-refractivity contribution in [3.8, 4) is 5.75 Å². The Morgan fingerprint density at radius 1 is 1.26 bits per heavy atom. The molecule has 0 aliphatic heterocycles. The van der Waals surface area contributed by atoms with Gasteiger partial charge in [0.2, 0.25) is 0 Å².